The maximum absolute atomic E-state index is 11.5. The van der Waals surface area contributed by atoms with Crippen LogP contribution < -0.4 is 21.1 Å². The van der Waals surface area contributed by atoms with E-state index in [1.54, 1.807) is 0 Å². The van der Waals surface area contributed by atoms with Gasteiger partial charge in [-0.3, -0.25) is 9.88 Å². The second kappa shape index (κ2) is 8.35. The van der Waals surface area contributed by atoms with Crippen molar-refractivity contribution in [3.8, 4) is 5.75 Å². The molecule has 9 heteroatoms. The van der Waals surface area contributed by atoms with E-state index in [9.17, 15) is 9.59 Å². The Morgan fingerprint density at radius 3 is 2.61 bits per heavy atom. The maximum atomic E-state index is 11.5. The molecule has 2 aromatic carbocycles. The molecule has 4 aromatic rings. The van der Waals surface area contributed by atoms with E-state index in [1.165, 1.54) is 0 Å². The number of hydrogen-bond acceptors (Lipinski definition) is 6. The first kappa shape index (κ1) is 19.5. The van der Waals surface area contributed by atoms with E-state index in [4.69, 9.17) is 9.15 Å². The van der Waals surface area contributed by atoms with E-state index in [1.807, 2.05) is 36.4 Å². The molecule has 5 rings (SSSR count). The summed E-state index contributed by atoms with van der Waals surface area (Å²) in [5.74, 6) is 0.353. The number of nitrogens with one attached hydrogen (secondary N) is 3. The first-order chi connectivity index (χ1) is 15.2. The molecule has 0 radical (unpaired) electrons. The Morgan fingerprint density at radius 2 is 1.74 bits per heavy atom. The zero-order chi connectivity index (χ0) is 21.2. The molecule has 1 saturated heterocycles. The second-order valence-electron chi connectivity index (χ2n) is 7.84. The lowest BCUT2D eigenvalue weighted by atomic mass is 10.2. The number of para-hydroxylation sites is 1. The standard InChI is InChI=1S/C22H25N5O4/c28-21-23-16-7-6-15(14-18(16)24-21)30-13-2-1-8-26-9-11-27(12-10-26)19-5-3-4-17-20(19)31-22(29)25-17/h3-7,14H,1-2,8-13H2,(H,25,29)(H2,23,24,28). The van der Waals surface area contributed by atoms with E-state index in [2.05, 4.69) is 24.8 Å². The Bertz CT molecular complexity index is 1290. The van der Waals surface area contributed by atoms with Gasteiger partial charge in [-0.2, -0.15) is 0 Å². The van der Waals surface area contributed by atoms with Gasteiger partial charge in [0.2, 0.25) is 0 Å². The van der Waals surface area contributed by atoms with Crippen molar-refractivity contribution in [2.75, 3.05) is 44.2 Å². The van der Waals surface area contributed by atoms with Crippen molar-refractivity contribution >= 4 is 27.8 Å². The number of aromatic amines is 3. The third kappa shape index (κ3) is 4.22. The third-order valence-electron chi connectivity index (χ3n) is 5.76. The molecule has 0 atom stereocenters. The molecule has 0 unspecified atom stereocenters. The number of imidazole rings is 1. The number of piperazine rings is 1. The summed E-state index contributed by atoms with van der Waals surface area (Å²) in [5, 5.41) is 0. The zero-order valence-corrected chi connectivity index (χ0v) is 17.1. The van der Waals surface area contributed by atoms with E-state index in [0.717, 1.165) is 73.6 Å². The Labute approximate surface area is 177 Å². The van der Waals surface area contributed by atoms with Crippen molar-refractivity contribution in [2.45, 2.75) is 12.8 Å². The number of hydrogen-bond donors (Lipinski definition) is 3. The molecule has 0 bridgehead atoms. The monoisotopic (exact) mass is 423 g/mol. The first-order valence-corrected chi connectivity index (χ1v) is 10.6. The normalized spacial score (nSPS) is 15.2. The number of unbranched alkanes of at least 4 members (excludes halogenated alkanes) is 1. The summed E-state index contributed by atoms with van der Waals surface area (Å²) in [6.07, 6.45) is 2.03. The van der Waals surface area contributed by atoms with Gasteiger partial charge >= 0.3 is 11.4 Å². The van der Waals surface area contributed by atoms with Crippen LogP contribution in [0.3, 0.4) is 0 Å². The van der Waals surface area contributed by atoms with Gasteiger partial charge in [0.1, 0.15) is 5.75 Å². The fourth-order valence-corrected chi connectivity index (χ4v) is 4.15. The minimum Gasteiger partial charge on any atom is -0.494 e. The minimum absolute atomic E-state index is 0.207. The molecule has 1 aliphatic heterocycles. The molecule has 31 heavy (non-hydrogen) atoms. The summed E-state index contributed by atoms with van der Waals surface area (Å²) >= 11 is 0. The van der Waals surface area contributed by atoms with Gasteiger partial charge in [0, 0.05) is 32.2 Å². The van der Waals surface area contributed by atoms with Crippen LogP contribution in [0.25, 0.3) is 22.1 Å². The lowest BCUT2D eigenvalue weighted by molar-refractivity contribution is 0.238. The van der Waals surface area contributed by atoms with Crippen LogP contribution in [-0.2, 0) is 0 Å². The van der Waals surface area contributed by atoms with E-state index >= 15 is 0 Å². The van der Waals surface area contributed by atoms with Crippen LogP contribution in [0.15, 0.2) is 50.4 Å². The van der Waals surface area contributed by atoms with Gasteiger partial charge in [-0.05, 0) is 43.7 Å². The SMILES string of the molecule is O=c1[nH]c2ccc(OCCCCN3CCN(c4cccc5[nH]c(=O)oc45)CC3)cc2[nH]1. The largest absolute Gasteiger partial charge is 0.494 e. The van der Waals surface area contributed by atoms with Gasteiger partial charge in [0.05, 0.1) is 28.8 Å². The Balaban J connectivity index is 1.06. The summed E-state index contributed by atoms with van der Waals surface area (Å²) in [5.41, 5.74) is 3.69. The lowest BCUT2D eigenvalue weighted by Crippen LogP contribution is -2.46. The molecule has 0 aliphatic carbocycles. The van der Waals surface area contributed by atoms with Crippen LogP contribution in [-0.4, -0.2) is 59.2 Å². The lowest BCUT2D eigenvalue weighted by Gasteiger charge is -2.36. The molecule has 3 heterocycles. The number of benzene rings is 2. The van der Waals surface area contributed by atoms with Crippen LogP contribution >= 0.6 is 0 Å². The molecular formula is C22H25N5O4. The predicted molar refractivity (Wildman–Crippen MR) is 119 cm³/mol. The average molecular weight is 423 g/mol. The smallest absolute Gasteiger partial charge is 0.417 e. The average Bonchev–Trinajstić information content (AvgIpc) is 3.34. The number of aromatic nitrogens is 3. The van der Waals surface area contributed by atoms with Crippen molar-refractivity contribution in [3.63, 3.8) is 0 Å². The van der Waals surface area contributed by atoms with Gasteiger partial charge in [0.15, 0.2) is 5.58 Å². The molecule has 0 spiro atoms. The zero-order valence-electron chi connectivity index (χ0n) is 17.1. The van der Waals surface area contributed by atoms with Crippen LogP contribution in [0, 0.1) is 0 Å². The third-order valence-corrected chi connectivity index (χ3v) is 5.76. The molecule has 162 valence electrons. The van der Waals surface area contributed by atoms with Gasteiger partial charge in [0.25, 0.3) is 0 Å². The fraction of sp³-hybridized carbons (Fsp3) is 0.364. The summed E-state index contributed by atoms with van der Waals surface area (Å²) in [6, 6.07) is 11.4. The summed E-state index contributed by atoms with van der Waals surface area (Å²) in [4.78, 5) is 35.8. The fourth-order valence-electron chi connectivity index (χ4n) is 4.15. The Hall–Kier alpha value is -3.46. The van der Waals surface area contributed by atoms with Crippen molar-refractivity contribution in [1.29, 1.82) is 0 Å². The Kier molecular flexibility index (Phi) is 5.25. The van der Waals surface area contributed by atoms with Crippen molar-refractivity contribution < 1.29 is 9.15 Å². The number of anilines is 1. The number of oxazole rings is 1. The van der Waals surface area contributed by atoms with E-state index in [-0.39, 0.29) is 5.69 Å². The van der Waals surface area contributed by atoms with E-state index in [0.29, 0.717) is 12.2 Å². The first-order valence-electron chi connectivity index (χ1n) is 10.6. The summed E-state index contributed by atoms with van der Waals surface area (Å²) < 4.78 is 11.2. The highest BCUT2D eigenvalue weighted by Gasteiger charge is 2.20. The topological polar surface area (TPSA) is 110 Å². The van der Waals surface area contributed by atoms with Crippen LogP contribution in [0.4, 0.5) is 5.69 Å². The highest BCUT2D eigenvalue weighted by molar-refractivity contribution is 5.86. The molecule has 0 saturated carbocycles. The predicted octanol–water partition coefficient (Wildman–Crippen LogP) is 2.27. The number of nitrogens with zero attached hydrogens (tertiary/aromatic N) is 2. The van der Waals surface area contributed by atoms with Crippen molar-refractivity contribution in [3.05, 3.63) is 57.4 Å². The number of fused-ring (bicyclic) bond motifs is 2. The molecule has 0 amide bonds. The number of ether oxygens (including phenoxy) is 1. The molecule has 1 aliphatic rings. The van der Waals surface area contributed by atoms with Gasteiger partial charge in [-0.25, -0.2) is 9.59 Å². The highest BCUT2D eigenvalue weighted by atomic mass is 16.5. The molecular weight excluding hydrogens is 398 g/mol. The van der Waals surface area contributed by atoms with Crippen LogP contribution in [0.1, 0.15) is 12.8 Å². The summed E-state index contributed by atoms with van der Waals surface area (Å²) in [7, 11) is 0. The van der Waals surface area contributed by atoms with Crippen molar-refractivity contribution in [1.82, 2.24) is 19.9 Å². The van der Waals surface area contributed by atoms with Crippen LogP contribution in [0.2, 0.25) is 0 Å². The summed E-state index contributed by atoms with van der Waals surface area (Å²) in [6.45, 7) is 5.44. The number of H-pyrrole nitrogens is 3. The van der Waals surface area contributed by atoms with Crippen LogP contribution in [0.5, 0.6) is 5.75 Å². The quantitative estimate of drug-likeness (QED) is 0.393. The minimum atomic E-state index is -0.412. The Morgan fingerprint density at radius 1 is 0.903 bits per heavy atom. The molecule has 3 N–H and O–H groups in total. The van der Waals surface area contributed by atoms with E-state index < -0.39 is 5.76 Å². The molecule has 9 nitrogen and oxygen atoms in total. The van der Waals surface area contributed by atoms with Gasteiger partial charge in [-0.1, -0.05) is 6.07 Å². The van der Waals surface area contributed by atoms with Gasteiger partial charge < -0.3 is 24.0 Å². The molecule has 2 aromatic heterocycles. The highest BCUT2D eigenvalue weighted by Crippen LogP contribution is 2.26. The maximum Gasteiger partial charge on any atom is 0.417 e. The number of rotatable bonds is 7. The van der Waals surface area contributed by atoms with Crippen molar-refractivity contribution in [2.24, 2.45) is 0 Å². The molecule has 1 fully saturated rings. The van der Waals surface area contributed by atoms with Gasteiger partial charge in [-0.15, -0.1) is 0 Å². The second-order valence-corrected chi connectivity index (χ2v) is 7.84.